The van der Waals surface area contributed by atoms with E-state index in [9.17, 15) is 18.0 Å². The Kier molecular flexibility index (Phi) is 5.81. The van der Waals surface area contributed by atoms with Crippen LogP contribution in [-0.4, -0.2) is 70.8 Å². The van der Waals surface area contributed by atoms with E-state index in [2.05, 4.69) is 15.0 Å². The van der Waals surface area contributed by atoms with E-state index in [-0.39, 0.29) is 6.04 Å². The summed E-state index contributed by atoms with van der Waals surface area (Å²) in [7, 11) is 0. The average Bonchev–Trinajstić information content (AvgIpc) is 2.97. The number of aromatic nitrogens is 2. The molecule has 2 rings (SSSR count). The highest BCUT2D eigenvalue weighted by atomic mass is 19.4. The van der Waals surface area contributed by atoms with Gasteiger partial charge in [0.05, 0.1) is 12.1 Å². The van der Waals surface area contributed by atoms with Gasteiger partial charge in [-0.05, 0) is 20.8 Å². The number of hydrogen-bond donors (Lipinski definition) is 1. The summed E-state index contributed by atoms with van der Waals surface area (Å²) in [6, 6.07) is -0.641. The first kappa shape index (κ1) is 18.7. The topological polar surface area (TPSA) is 74.5 Å². The number of hydrogen-bond acceptors (Lipinski definition) is 6. The SMILES string of the molecule is Cc1noc([C@H](C)N2CCN([C@H](C)C(=O)NCC(F)(F)F)CC2)n1. The van der Waals surface area contributed by atoms with Gasteiger partial charge in [-0.3, -0.25) is 14.6 Å². The van der Waals surface area contributed by atoms with Crippen LogP contribution in [0.2, 0.25) is 0 Å². The molecule has 0 aromatic carbocycles. The monoisotopic (exact) mass is 349 g/mol. The van der Waals surface area contributed by atoms with Crippen molar-refractivity contribution < 1.29 is 22.5 Å². The lowest BCUT2D eigenvalue weighted by molar-refractivity contribution is -0.141. The maximum Gasteiger partial charge on any atom is 0.405 e. The zero-order chi connectivity index (χ0) is 17.9. The van der Waals surface area contributed by atoms with Gasteiger partial charge in [0.25, 0.3) is 0 Å². The summed E-state index contributed by atoms with van der Waals surface area (Å²) in [5.41, 5.74) is 0. The van der Waals surface area contributed by atoms with Gasteiger partial charge >= 0.3 is 6.18 Å². The molecule has 1 amide bonds. The second-order valence-electron chi connectivity index (χ2n) is 5.94. The fraction of sp³-hybridized carbons (Fsp3) is 0.786. The molecule has 1 aromatic rings. The number of piperazine rings is 1. The van der Waals surface area contributed by atoms with Gasteiger partial charge in [0, 0.05) is 26.2 Å². The molecule has 0 unspecified atom stereocenters. The fourth-order valence-corrected chi connectivity index (χ4v) is 2.65. The molecule has 1 saturated heterocycles. The first-order chi connectivity index (χ1) is 11.2. The highest BCUT2D eigenvalue weighted by Gasteiger charge is 2.32. The number of amides is 1. The number of carbonyl (C=O) groups excluding carboxylic acids is 1. The highest BCUT2D eigenvalue weighted by Crippen LogP contribution is 2.20. The second kappa shape index (κ2) is 7.47. The van der Waals surface area contributed by atoms with E-state index in [1.165, 1.54) is 0 Å². The third-order valence-electron chi connectivity index (χ3n) is 4.19. The summed E-state index contributed by atoms with van der Waals surface area (Å²) in [5, 5.41) is 5.70. The maximum atomic E-state index is 12.2. The lowest BCUT2D eigenvalue weighted by atomic mass is 10.2. The minimum Gasteiger partial charge on any atom is -0.346 e. The first-order valence-electron chi connectivity index (χ1n) is 7.80. The van der Waals surface area contributed by atoms with Gasteiger partial charge in [0.2, 0.25) is 11.8 Å². The Labute approximate surface area is 138 Å². The number of halogens is 3. The Hall–Kier alpha value is -1.68. The van der Waals surface area contributed by atoms with Crippen LogP contribution in [0.25, 0.3) is 0 Å². The van der Waals surface area contributed by atoms with E-state index in [1.54, 1.807) is 13.8 Å². The molecule has 0 spiro atoms. The summed E-state index contributed by atoms with van der Waals surface area (Å²) in [5.74, 6) is 0.503. The zero-order valence-electron chi connectivity index (χ0n) is 13.9. The average molecular weight is 349 g/mol. The molecule has 1 fully saturated rings. The van der Waals surface area contributed by atoms with E-state index >= 15 is 0 Å². The molecule has 10 heteroatoms. The van der Waals surface area contributed by atoms with Crippen LogP contribution in [0.3, 0.4) is 0 Å². The predicted octanol–water partition coefficient (Wildman–Crippen LogP) is 1.12. The number of carbonyl (C=O) groups is 1. The summed E-state index contributed by atoms with van der Waals surface area (Å²) < 4.78 is 41.7. The van der Waals surface area contributed by atoms with Crippen molar-refractivity contribution in [3.8, 4) is 0 Å². The van der Waals surface area contributed by atoms with Gasteiger partial charge in [-0.15, -0.1) is 0 Å². The summed E-state index contributed by atoms with van der Waals surface area (Å²) in [4.78, 5) is 20.1. The summed E-state index contributed by atoms with van der Waals surface area (Å²) >= 11 is 0. The van der Waals surface area contributed by atoms with Crippen molar-refractivity contribution in [2.75, 3.05) is 32.7 Å². The Morgan fingerprint density at radius 3 is 2.33 bits per heavy atom. The zero-order valence-corrected chi connectivity index (χ0v) is 13.9. The van der Waals surface area contributed by atoms with Crippen molar-refractivity contribution in [2.24, 2.45) is 0 Å². The van der Waals surface area contributed by atoms with Crippen LogP contribution >= 0.6 is 0 Å². The van der Waals surface area contributed by atoms with Crippen molar-refractivity contribution in [2.45, 2.75) is 39.0 Å². The largest absolute Gasteiger partial charge is 0.405 e. The molecule has 0 aliphatic carbocycles. The van der Waals surface area contributed by atoms with Crippen LogP contribution < -0.4 is 5.32 Å². The van der Waals surface area contributed by atoms with Crippen LogP contribution in [0.4, 0.5) is 13.2 Å². The van der Waals surface area contributed by atoms with Gasteiger partial charge < -0.3 is 9.84 Å². The van der Waals surface area contributed by atoms with E-state index in [0.717, 1.165) is 0 Å². The third-order valence-corrected chi connectivity index (χ3v) is 4.19. The van der Waals surface area contributed by atoms with E-state index in [4.69, 9.17) is 4.52 Å². The molecule has 136 valence electrons. The smallest absolute Gasteiger partial charge is 0.346 e. The third kappa shape index (κ3) is 4.91. The van der Waals surface area contributed by atoms with Gasteiger partial charge in [-0.1, -0.05) is 5.16 Å². The Morgan fingerprint density at radius 1 is 1.25 bits per heavy atom. The fourth-order valence-electron chi connectivity index (χ4n) is 2.65. The summed E-state index contributed by atoms with van der Waals surface area (Å²) in [6.45, 7) is 6.52. The number of rotatable bonds is 5. The van der Waals surface area contributed by atoms with Crippen LogP contribution in [0, 0.1) is 6.92 Å². The molecule has 1 N–H and O–H groups in total. The highest BCUT2D eigenvalue weighted by molar-refractivity contribution is 5.81. The molecule has 1 aromatic heterocycles. The second-order valence-corrected chi connectivity index (χ2v) is 5.94. The molecular weight excluding hydrogens is 327 g/mol. The number of alkyl halides is 3. The molecule has 7 nitrogen and oxygen atoms in total. The lowest BCUT2D eigenvalue weighted by Crippen LogP contribution is -2.54. The predicted molar refractivity (Wildman–Crippen MR) is 79.1 cm³/mol. The van der Waals surface area contributed by atoms with E-state index < -0.39 is 24.7 Å². The molecule has 1 aliphatic heterocycles. The number of nitrogens with zero attached hydrogens (tertiary/aromatic N) is 4. The van der Waals surface area contributed by atoms with Crippen molar-refractivity contribution in [3.63, 3.8) is 0 Å². The normalized spacial score (nSPS) is 19.9. The van der Waals surface area contributed by atoms with Gasteiger partial charge in [-0.25, -0.2) is 0 Å². The quantitative estimate of drug-likeness (QED) is 0.859. The van der Waals surface area contributed by atoms with Crippen LogP contribution in [0.15, 0.2) is 4.52 Å². The molecule has 0 bridgehead atoms. The minimum absolute atomic E-state index is 0.0392. The molecule has 24 heavy (non-hydrogen) atoms. The lowest BCUT2D eigenvalue weighted by Gasteiger charge is -2.39. The molecular formula is C14H22F3N5O2. The Bertz CT molecular complexity index is 555. The van der Waals surface area contributed by atoms with E-state index in [1.807, 2.05) is 17.1 Å². The van der Waals surface area contributed by atoms with Gasteiger partial charge in [0.15, 0.2) is 5.82 Å². The van der Waals surface area contributed by atoms with Crippen LogP contribution in [0.1, 0.15) is 31.6 Å². The van der Waals surface area contributed by atoms with Crippen LogP contribution in [0.5, 0.6) is 0 Å². The molecule has 0 radical (unpaired) electrons. The minimum atomic E-state index is -4.40. The summed E-state index contributed by atoms with van der Waals surface area (Å²) in [6.07, 6.45) is -4.40. The molecule has 2 heterocycles. The Morgan fingerprint density at radius 2 is 1.83 bits per heavy atom. The Balaban J connectivity index is 1.82. The number of nitrogens with one attached hydrogen (secondary N) is 1. The molecule has 0 saturated carbocycles. The number of aryl methyl sites for hydroxylation is 1. The van der Waals surface area contributed by atoms with Crippen molar-refractivity contribution >= 4 is 5.91 Å². The van der Waals surface area contributed by atoms with Crippen LogP contribution in [-0.2, 0) is 4.79 Å². The standard InChI is InChI=1S/C14H22F3N5O2/c1-9(12(23)18-8-14(15,16)17)21-4-6-22(7-5-21)10(2)13-19-11(3)20-24-13/h9-10H,4-8H2,1-3H3,(H,18,23)/t9-,10+/m1/s1. The molecule has 2 atom stereocenters. The van der Waals surface area contributed by atoms with Crippen molar-refractivity contribution in [1.29, 1.82) is 0 Å². The maximum absolute atomic E-state index is 12.2. The van der Waals surface area contributed by atoms with Gasteiger partial charge in [-0.2, -0.15) is 18.2 Å². The van der Waals surface area contributed by atoms with Gasteiger partial charge in [0.1, 0.15) is 6.54 Å². The van der Waals surface area contributed by atoms with E-state index in [0.29, 0.717) is 37.9 Å². The molecule has 1 aliphatic rings. The van der Waals surface area contributed by atoms with Crippen molar-refractivity contribution in [3.05, 3.63) is 11.7 Å². The van der Waals surface area contributed by atoms with Crippen molar-refractivity contribution in [1.82, 2.24) is 25.3 Å². The first-order valence-corrected chi connectivity index (χ1v) is 7.80.